The number of rotatable bonds is 6. The summed E-state index contributed by atoms with van der Waals surface area (Å²) in [5.41, 5.74) is 8.08. The molecule has 128 valence electrons. The largest absolute Gasteiger partial charge is 0.497 e. The van der Waals surface area contributed by atoms with Crippen molar-refractivity contribution in [1.82, 2.24) is 25.9 Å². The van der Waals surface area contributed by atoms with E-state index in [-0.39, 0.29) is 0 Å². The summed E-state index contributed by atoms with van der Waals surface area (Å²) in [4.78, 5) is 0. The summed E-state index contributed by atoms with van der Waals surface area (Å²) in [6, 6.07) is 8.01. The van der Waals surface area contributed by atoms with Gasteiger partial charge in [0.2, 0.25) is 0 Å². The summed E-state index contributed by atoms with van der Waals surface area (Å²) in [7, 11) is 1.67. The SMILES string of the molecule is COc1ccc(CN2NNN=C2c2cnn(CC(C)C)c2I)cc1. The Morgan fingerprint density at radius 1 is 1.25 bits per heavy atom. The summed E-state index contributed by atoms with van der Waals surface area (Å²) >= 11 is 2.33. The fourth-order valence-electron chi connectivity index (χ4n) is 2.48. The zero-order valence-electron chi connectivity index (χ0n) is 14.0. The Kier molecular flexibility index (Phi) is 5.24. The number of nitrogens with one attached hydrogen (secondary N) is 2. The molecule has 0 amide bonds. The molecule has 0 fully saturated rings. The van der Waals surface area contributed by atoms with E-state index < -0.39 is 0 Å². The van der Waals surface area contributed by atoms with Gasteiger partial charge in [-0.2, -0.15) is 5.10 Å². The van der Waals surface area contributed by atoms with Crippen LogP contribution in [0.25, 0.3) is 0 Å². The van der Waals surface area contributed by atoms with Crippen molar-refractivity contribution >= 4 is 28.4 Å². The average molecular weight is 440 g/mol. The summed E-state index contributed by atoms with van der Waals surface area (Å²) in [5, 5.41) is 10.8. The second kappa shape index (κ2) is 7.39. The van der Waals surface area contributed by atoms with Crippen molar-refractivity contribution in [2.45, 2.75) is 26.9 Å². The van der Waals surface area contributed by atoms with Crippen molar-refractivity contribution in [3.63, 3.8) is 0 Å². The van der Waals surface area contributed by atoms with Gasteiger partial charge in [0.15, 0.2) is 5.84 Å². The van der Waals surface area contributed by atoms with Crippen LogP contribution in [0.4, 0.5) is 0 Å². The van der Waals surface area contributed by atoms with E-state index >= 15 is 0 Å². The summed E-state index contributed by atoms with van der Waals surface area (Å²) in [5.74, 6) is 2.23. The Bertz CT molecular complexity index is 725. The van der Waals surface area contributed by atoms with Gasteiger partial charge < -0.3 is 4.74 Å². The van der Waals surface area contributed by atoms with Crippen molar-refractivity contribution in [1.29, 1.82) is 0 Å². The van der Waals surface area contributed by atoms with Crippen molar-refractivity contribution in [3.05, 3.63) is 45.3 Å². The molecule has 1 aliphatic heterocycles. The zero-order chi connectivity index (χ0) is 17.1. The van der Waals surface area contributed by atoms with E-state index in [0.29, 0.717) is 12.5 Å². The molecule has 0 unspecified atom stereocenters. The lowest BCUT2D eigenvalue weighted by Crippen LogP contribution is -2.40. The van der Waals surface area contributed by atoms with Crippen LogP contribution < -0.4 is 15.8 Å². The van der Waals surface area contributed by atoms with E-state index in [4.69, 9.17) is 4.74 Å². The molecule has 24 heavy (non-hydrogen) atoms. The van der Waals surface area contributed by atoms with Crippen molar-refractivity contribution in [3.8, 4) is 5.75 Å². The van der Waals surface area contributed by atoms with Crippen LogP contribution >= 0.6 is 22.6 Å². The zero-order valence-corrected chi connectivity index (χ0v) is 16.1. The first-order valence-corrected chi connectivity index (χ1v) is 8.87. The van der Waals surface area contributed by atoms with Gasteiger partial charge in [0.05, 0.1) is 25.4 Å². The Balaban J connectivity index is 1.76. The third-order valence-electron chi connectivity index (χ3n) is 3.66. The van der Waals surface area contributed by atoms with Gasteiger partial charge in [0, 0.05) is 6.54 Å². The average Bonchev–Trinajstić information content (AvgIpc) is 3.15. The molecule has 0 atom stereocenters. The molecule has 0 aliphatic carbocycles. The summed E-state index contributed by atoms with van der Waals surface area (Å²) in [6.45, 7) is 5.94. The number of hydrogen-bond donors (Lipinski definition) is 2. The topological polar surface area (TPSA) is 66.7 Å². The van der Waals surface area contributed by atoms with Gasteiger partial charge in [-0.3, -0.25) is 9.69 Å². The fourth-order valence-corrected chi connectivity index (χ4v) is 3.18. The number of aromatic nitrogens is 2. The molecule has 2 aromatic rings. The van der Waals surface area contributed by atoms with Crippen LogP contribution in [-0.4, -0.2) is 27.7 Å². The monoisotopic (exact) mass is 440 g/mol. The van der Waals surface area contributed by atoms with Gasteiger partial charge in [-0.1, -0.05) is 26.0 Å². The lowest BCUT2D eigenvalue weighted by atomic mass is 10.2. The fraction of sp³-hybridized carbons (Fsp3) is 0.375. The molecule has 0 saturated heterocycles. The van der Waals surface area contributed by atoms with Crippen LogP contribution in [0.1, 0.15) is 25.0 Å². The Morgan fingerprint density at radius 2 is 2.00 bits per heavy atom. The number of hydrazine groups is 2. The number of methoxy groups -OCH3 is 1. The number of halogens is 1. The van der Waals surface area contributed by atoms with Crippen LogP contribution in [0.5, 0.6) is 5.75 Å². The highest BCUT2D eigenvalue weighted by Gasteiger charge is 2.24. The minimum absolute atomic E-state index is 0.545. The molecule has 1 aromatic carbocycles. The molecule has 0 spiro atoms. The molecule has 1 aromatic heterocycles. The Morgan fingerprint density at radius 3 is 2.67 bits per heavy atom. The Hall–Kier alpha value is -1.81. The van der Waals surface area contributed by atoms with Crippen molar-refractivity contribution in [2.24, 2.45) is 11.0 Å². The third-order valence-corrected chi connectivity index (χ3v) is 4.79. The number of ether oxygens (including phenoxy) is 1. The van der Waals surface area contributed by atoms with Crippen LogP contribution in [-0.2, 0) is 13.1 Å². The van der Waals surface area contributed by atoms with Crippen LogP contribution in [0.2, 0.25) is 0 Å². The number of hydrazone groups is 1. The maximum atomic E-state index is 5.20. The van der Waals surface area contributed by atoms with Gasteiger partial charge in [-0.15, -0.1) is 10.6 Å². The maximum absolute atomic E-state index is 5.20. The molecule has 1 aliphatic rings. The number of hydrogen-bond acceptors (Lipinski definition) is 6. The summed E-state index contributed by atoms with van der Waals surface area (Å²) in [6.07, 6.45) is 1.87. The molecule has 0 radical (unpaired) electrons. The van der Waals surface area contributed by atoms with E-state index in [1.807, 2.05) is 40.2 Å². The first-order chi connectivity index (χ1) is 11.6. The van der Waals surface area contributed by atoms with E-state index in [9.17, 15) is 0 Å². The third kappa shape index (κ3) is 3.64. The van der Waals surface area contributed by atoms with E-state index in [1.54, 1.807) is 7.11 Å². The molecule has 3 rings (SSSR count). The highest BCUT2D eigenvalue weighted by molar-refractivity contribution is 14.1. The summed E-state index contributed by atoms with van der Waals surface area (Å²) < 4.78 is 8.31. The quantitative estimate of drug-likeness (QED) is 0.676. The second-order valence-electron chi connectivity index (χ2n) is 6.02. The Labute approximate surface area is 155 Å². The maximum Gasteiger partial charge on any atom is 0.177 e. The van der Waals surface area contributed by atoms with Gasteiger partial charge in [-0.05, 0) is 46.2 Å². The normalized spacial score (nSPS) is 14.0. The van der Waals surface area contributed by atoms with E-state index in [1.165, 1.54) is 0 Å². The smallest absolute Gasteiger partial charge is 0.177 e. The molecule has 0 bridgehead atoms. The van der Waals surface area contributed by atoms with Gasteiger partial charge in [-0.25, -0.2) is 5.53 Å². The number of nitrogens with zero attached hydrogens (tertiary/aromatic N) is 4. The molecule has 2 N–H and O–H groups in total. The van der Waals surface area contributed by atoms with E-state index in [0.717, 1.165) is 33.0 Å². The highest BCUT2D eigenvalue weighted by atomic mass is 127. The number of benzene rings is 1. The van der Waals surface area contributed by atoms with Gasteiger partial charge in [0.25, 0.3) is 0 Å². The second-order valence-corrected chi connectivity index (χ2v) is 7.04. The van der Waals surface area contributed by atoms with Crippen LogP contribution in [0.15, 0.2) is 35.6 Å². The van der Waals surface area contributed by atoms with Crippen molar-refractivity contribution in [2.75, 3.05) is 7.11 Å². The molecular weight excluding hydrogens is 419 g/mol. The lowest BCUT2D eigenvalue weighted by molar-refractivity contribution is 0.288. The highest BCUT2D eigenvalue weighted by Crippen LogP contribution is 2.19. The van der Waals surface area contributed by atoms with Crippen LogP contribution in [0, 0.1) is 9.62 Å². The molecule has 2 heterocycles. The number of amidine groups is 1. The first kappa shape index (κ1) is 17.0. The predicted molar refractivity (Wildman–Crippen MR) is 101 cm³/mol. The van der Waals surface area contributed by atoms with E-state index in [2.05, 4.69) is 57.7 Å². The molecule has 8 heteroatoms. The molecular formula is C16H21IN6O. The predicted octanol–water partition coefficient (Wildman–Crippen LogP) is 2.34. The standard InChI is InChI=1S/C16H21IN6O/c1-11(2)9-22-15(17)14(8-18-22)16-19-20-21-23(16)10-12-4-6-13(24-3)7-5-12/h4-8,11,20-21H,9-10H2,1-3H3. The first-order valence-electron chi connectivity index (χ1n) is 7.79. The van der Waals surface area contributed by atoms with Gasteiger partial charge >= 0.3 is 0 Å². The minimum atomic E-state index is 0.545. The van der Waals surface area contributed by atoms with Gasteiger partial charge in [0.1, 0.15) is 9.45 Å². The van der Waals surface area contributed by atoms with Crippen LogP contribution in [0.3, 0.4) is 0 Å². The minimum Gasteiger partial charge on any atom is -0.497 e. The lowest BCUT2D eigenvalue weighted by Gasteiger charge is -2.19. The molecule has 7 nitrogen and oxygen atoms in total. The van der Waals surface area contributed by atoms with Crippen molar-refractivity contribution < 1.29 is 4.74 Å². The molecule has 0 saturated carbocycles.